The molecular formula is C21H34O3. The lowest BCUT2D eigenvalue weighted by Crippen LogP contribution is -2.09. The van der Waals surface area contributed by atoms with Gasteiger partial charge in [0.05, 0.1) is 6.61 Å². The molecule has 1 atom stereocenters. The van der Waals surface area contributed by atoms with Crippen molar-refractivity contribution < 1.29 is 14.3 Å². The third-order valence-electron chi connectivity index (χ3n) is 3.86. The van der Waals surface area contributed by atoms with Gasteiger partial charge in [-0.3, -0.25) is 4.79 Å². The van der Waals surface area contributed by atoms with E-state index in [1.165, 1.54) is 19.3 Å². The van der Waals surface area contributed by atoms with Gasteiger partial charge in [0.25, 0.3) is 0 Å². The van der Waals surface area contributed by atoms with Crippen molar-refractivity contribution >= 4 is 5.97 Å². The summed E-state index contributed by atoms with van der Waals surface area (Å²) in [6.45, 7) is 3.34. The van der Waals surface area contributed by atoms with Gasteiger partial charge in [0.2, 0.25) is 0 Å². The Labute approximate surface area is 147 Å². The van der Waals surface area contributed by atoms with Gasteiger partial charge >= 0.3 is 5.97 Å². The molecule has 1 rings (SSSR count). The SMILES string of the molecule is CC/C=C/C/C=C/C/C=C/CCCCCCCC(=O)OC[C@H]1CO1. The highest BCUT2D eigenvalue weighted by molar-refractivity contribution is 5.69. The van der Waals surface area contributed by atoms with Gasteiger partial charge < -0.3 is 9.47 Å². The van der Waals surface area contributed by atoms with Crippen LogP contribution in [0.4, 0.5) is 0 Å². The topological polar surface area (TPSA) is 38.8 Å². The van der Waals surface area contributed by atoms with Gasteiger partial charge in [0.1, 0.15) is 12.7 Å². The fourth-order valence-corrected chi connectivity index (χ4v) is 2.31. The van der Waals surface area contributed by atoms with Crippen LogP contribution in [0, 0.1) is 0 Å². The molecule has 24 heavy (non-hydrogen) atoms. The maximum atomic E-state index is 11.4. The van der Waals surface area contributed by atoms with E-state index in [2.05, 4.69) is 43.4 Å². The standard InChI is InChI=1S/C21H34O3/c1-2-3-4-5-6-7-8-9-10-11-12-13-14-15-16-17-21(22)24-19-20-18-23-20/h3-4,6-7,9-10,20H,2,5,8,11-19H2,1H3/b4-3+,7-6+,10-9+/t20-/m1/s1. The predicted octanol–water partition coefficient (Wildman–Crippen LogP) is 5.52. The van der Waals surface area contributed by atoms with Gasteiger partial charge in [-0.2, -0.15) is 0 Å². The van der Waals surface area contributed by atoms with Crippen molar-refractivity contribution in [2.24, 2.45) is 0 Å². The summed E-state index contributed by atoms with van der Waals surface area (Å²) < 4.78 is 10.1. The minimum Gasteiger partial charge on any atom is -0.463 e. The third kappa shape index (κ3) is 14.3. The fraction of sp³-hybridized carbons (Fsp3) is 0.667. The number of carbonyl (C=O) groups is 1. The molecular weight excluding hydrogens is 300 g/mol. The highest BCUT2D eigenvalue weighted by Gasteiger charge is 2.23. The number of rotatable bonds is 15. The van der Waals surface area contributed by atoms with Crippen molar-refractivity contribution in [1.29, 1.82) is 0 Å². The molecule has 0 amide bonds. The van der Waals surface area contributed by atoms with Gasteiger partial charge in [-0.05, 0) is 38.5 Å². The lowest BCUT2D eigenvalue weighted by atomic mass is 10.1. The van der Waals surface area contributed by atoms with Crippen LogP contribution in [0.5, 0.6) is 0 Å². The van der Waals surface area contributed by atoms with Crippen LogP contribution in [0.15, 0.2) is 36.5 Å². The average molecular weight is 335 g/mol. The molecule has 3 heteroatoms. The second-order valence-electron chi connectivity index (χ2n) is 6.24. The number of allylic oxidation sites excluding steroid dienone is 6. The van der Waals surface area contributed by atoms with Gasteiger partial charge in [0, 0.05) is 6.42 Å². The maximum absolute atomic E-state index is 11.4. The lowest BCUT2D eigenvalue weighted by Gasteiger charge is -2.02. The summed E-state index contributed by atoms with van der Waals surface area (Å²) in [7, 11) is 0. The van der Waals surface area contributed by atoms with E-state index in [4.69, 9.17) is 9.47 Å². The molecule has 136 valence electrons. The molecule has 1 fully saturated rings. The summed E-state index contributed by atoms with van der Waals surface area (Å²) >= 11 is 0. The first-order valence-electron chi connectivity index (χ1n) is 9.55. The Morgan fingerprint density at radius 3 is 2.29 bits per heavy atom. The van der Waals surface area contributed by atoms with Gasteiger partial charge in [-0.25, -0.2) is 0 Å². The molecule has 0 bridgehead atoms. The van der Waals surface area contributed by atoms with Crippen molar-refractivity contribution in [2.75, 3.05) is 13.2 Å². The summed E-state index contributed by atoms with van der Waals surface area (Å²) in [6, 6.07) is 0. The smallest absolute Gasteiger partial charge is 0.305 e. The number of epoxide rings is 1. The number of carbonyl (C=O) groups excluding carboxylic acids is 1. The lowest BCUT2D eigenvalue weighted by molar-refractivity contribution is -0.144. The van der Waals surface area contributed by atoms with Crippen LogP contribution in [0.1, 0.15) is 71.1 Å². The number of ether oxygens (including phenoxy) is 2. The van der Waals surface area contributed by atoms with E-state index >= 15 is 0 Å². The van der Waals surface area contributed by atoms with Crippen LogP contribution < -0.4 is 0 Å². The molecule has 0 aromatic rings. The highest BCUT2D eigenvalue weighted by atomic mass is 16.6. The van der Waals surface area contributed by atoms with Crippen LogP contribution in [0.2, 0.25) is 0 Å². The summed E-state index contributed by atoms with van der Waals surface area (Å²) in [5.41, 5.74) is 0. The van der Waals surface area contributed by atoms with Crippen LogP contribution in [-0.4, -0.2) is 25.3 Å². The molecule has 0 spiro atoms. The molecule has 1 aliphatic rings. The largest absolute Gasteiger partial charge is 0.463 e. The minimum absolute atomic E-state index is 0.0772. The zero-order valence-electron chi connectivity index (χ0n) is 15.3. The van der Waals surface area contributed by atoms with Crippen molar-refractivity contribution in [3.05, 3.63) is 36.5 Å². The average Bonchev–Trinajstić information content (AvgIpc) is 3.41. The number of esters is 1. The summed E-state index contributed by atoms with van der Waals surface area (Å²) in [6.07, 6.45) is 24.2. The van der Waals surface area contributed by atoms with E-state index in [9.17, 15) is 4.79 Å². The van der Waals surface area contributed by atoms with E-state index in [0.29, 0.717) is 13.0 Å². The van der Waals surface area contributed by atoms with Crippen LogP contribution in [0.3, 0.4) is 0 Å². The molecule has 1 heterocycles. The Morgan fingerprint density at radius 2 is 1.58 bits per heavy atom. The van der Waals surface area contributed by atoms with Crippen LogP contribution in [0.25, 0.3) is 0 Å². The molecule has 0 aromatic carbocycles. The molecule has 0 unspecified atom stereocenters. The normalized spacial score (nSPS) is 17.3. The second kappa shape index (κ2) is 15.2. The minimum atomic E-state index is -0.0772. The number of hydrogen-bond acceptors (Lipinski definition) is 3. The van der Waals surface area contributed by atoms with E-state index in [1.54, 1.807) is 0 Å². The van der Waals surface area contributed by atoms with E-state index < -0.39 is 0 Å². The Morgan fingerprint density at radius 1 is 0.958 bits per heavy atom. The van der Waals surface area contributed by atoms with Gasteiger partial charge in [0.15, 0.2) is 0 Å². The number of unbranched alkanes of at least 4 members (excludes halogenated alkanes) is 5. The van der Waals surface area contributed by atoms with Gasteiger partial charge in [-0.1, -0.05) is 62.6 Å². The first kappa shape index (κ1) is 20.7. The predicted molar refractivity (Wildman–Crippen MR) is 100.0 cm³/mol. The first-order valence-corrected chi connectivity index (χ1v) is 9.55. The van der Waals surface area contributed by atoms with Crippen molar-refractivity contribution in [3.63, 3.8) is 0 Å². The van der Waals surface area contributed by atoms with Crippen molar-refractivity contribution in [3.8, 4) is 0 Å². The van der Waals surface area contributed by atoms with E-state index in [0.717, 1.165) is 45.1 Å². The quantitative estimate of drug-likeness (QED) is 0.171. The molecule has 0 aromatic heterocycles. The molecule has 3 nitrogen and oxygen atoms in total. The van der Waals surface area contributed by atoms with Crippen molar-refractivity contribution in [1.82, 2.24) is 0 Å². The summed E-state index contributed by atoms with van der Waals surface area (Å²) in [5, 5.41) is 0. The molecule has 0 aliphatic carbocycles. The number of hydrogen-bond donors (Lipinski definition) is 0. The molecule has 1 saturated heterocycles. The highest BCUT2D eigenvalue weighted by Crippen LogP contribution is 2.11. The van der Waals surface area contributed by atoms with Crippen LogP contribution in [-0.2, 0) is 14.3 Å². The van der Waals surface area contributed by atoms with E-state index in [1.807, 2.05) is 0 Å². The van der Waals surface area contributed by atoms with Crippen molar-refractivity contribution in [2.45, 2.75) is 77.2 Å². The Hall–Kier alpha value is -1.35. The van der Waals surface area contributed by atoms with Gasteiger partial charge in [-0.15, -0.1) is 0 Å². The summed E-state index contributed by atoms with van der Waals surface area (Å²) in [4.78, 5) is 11.4. The zero-order chi connectivity index (χ0) is 17.3. The second-order valence-corrected chi connectivity index (χ2v) is 6.24. The third-order valence-corrected chi connectivity index (χ3v) is 3.86. The Kier molecular flexibility index (Phi) is 13.1. The maximum Gasteiger partial charge on any atom is 0.305 e. The fourth-order valence-electron chi connectivity index (χ4n) is 2.31. The van der Waals surface area contributed by atoms with Crippen LogP contribution >= 0.6 is 0 Å². The molecule has 0 N–H and O–H groups in total. The molecule has 0 saturated carbocycles. The molecule has 0 radical (unpaired) electrons. The zero-order valence-corrected chi connectivity index (χ0v) is 15.3. The first-order chi connectivity index (χ1) is 11.8. The molecule has 1 aliphatic heterocycles. The summed E-state index contributed by atoms with van der Waals surface area (Å²) in [5.74, 6) is -0.0772. The Balaban J connectivity index is 1.78. The van der Waals surface area contributed by atoms with E-state index in [-0.39, 0.29) is 12.1 Å². The monoisotopic (exact) mass is 334 g/mol. The Bertz CT molecular complexity index is 392.